The molecule has 142 valence electrons. The minimum atomic E-state index is -0.0780. The zero-order chi connectivity index (χ0) is 19.0. The first-order valence-corrected chi connectivity index (χ1v) is 9.37. The van der Waals surface area contributed by atoms with Gasteiger partial charge in [-0.2, -0.15) is 0 Å². The molecule has 26 heavy (non-hydrogen) atoms. The molecule has 3 rings (SSSR count). The van der Waals surface area contributed by atoms with E-state index in [4.69, 9.17) is 5.73 Å². The molecule has 7 heteroatoms. The molecule has 1 saturated heterocycles. The number of aryl methyl sites for hydroxylation is 3. The molecule has 1 aliphatic heterocycles. The monoisotopic (exact) mass is 359 g/mol. The fraction of sp³-hybridized carbons (Fsp3) is 0.632. The van der Waals surface area contributed by atoms with Gasteiger partial charge in [-0.1, -0.05) is 6.92 Å². The summed E-state index contributed by atoms with van der Waals surface area (Å²) in [6.07, 6.45) is 3.03. The highest BCUT2D eigenvalue weighted by Gasteiger charge is 2.28. The number of nitrogens with one attached hydrogen (secondary N) is 1. The molecule has 0 radical (unpaired) electrons. The average Bonchev–Trinajstić information content (AvgIpc) is 2.88. The van der Waals surface area contributed by atoms with E-state index in [2.05, 4.69) is 17.0 Å². The minimum absolute atomic E-state index is 0.0780. The average molecular weight is 359 g/mol. The highest BCUT2D eigenvalue weighted by atomic mass is 16.2. The maximum Gasteiger partial charge on any atom is 0.276 e. The molecule has 7 nitrogen and oxygen atoms in total. The minimum Gasteiger partial charge on any atom is -0.338 e. The summed E-state index contributed by atoms with van der Waals surface area (Å²) in [6.45, 7) is 7.39. The number of aromatic nitrogens is 3. The number of fused-ring (bicyclic) bond motifs is 1. The number of likely N-dealkylation sites (tertiary alicyclic amines) is 1. The molecule has 0 spiro atoms. The molecule has 0 bridgehead atoms. The Kier molecular flexibility index (Phi) is 5.18. The first-order chi connectivity index (χ1) is 12.3. The summed E-state index contributed by atoms with van der Waals surface area (Å²) < 4.78 is 1.44. The summed E-state index contributed by atoms with van der Waals surface area (Å²) in [4.78, 5) is 31.6. The number of pyridine rings is 1. The molecule has 1 fully saturated rings. The fourth-order valence-electron chi connectivity index (χ4n) is 4.16. The van der Waals surface area contributed by atoms with Crippen molar-refractivity contribution in [2.45, 2.75) is 52.5 Å². The smallest absolute Gasteiger partial charge is 0.276 e. The van der Waals surface area contributed by atoms with E-state index >= 15 is 0 Å². The Labute approximate surface area is 153 Å². The van der Waals surface area contributed by atoms with Crippen molar-refractivity contribution in [1.29, 1.82) is 0 Å². The van der Waals surface area contributed by atoms with Gasteiger partial charge in [0.2, 0.25) is 5.91 Å². The van der Waals surface area contributed by atoms with E-state index in [1.54, 1.807) is 7.05 Å². The number of piperidine rings is 1. The Morgan fingerprint density at radius 3 is 2.81 bits per heavy atom. The van der Waals surface area contributed by atoms with E-state index in [9.17, 15) is 9.59 Å². The third-order valence-corrected chi connectivity index (χ3v) is 5.73. The molecule has 0 aromatic carbocycles. The Morgan fingerprint density at radius 2 is 2.12 bits per heavy atom. The van der Waals surface area contributed by atoms with Crippen LogP contribution in [0.1, 0.15) is 43.0 Å². The zero-order valence-electron chi connectivity index (χ0n) is 16.1. The summed E-state index contributed by atoms with van der Waals surface area (Å²) in [5.74, 6) is 0.765. The number of H-pyrrole nitrogens is 1. The first-order valence-electron chi connectivity index (χ1n) is 9.37. The van der Waals surface area contributed by atoms with Gasteiger partial charge in [0.25, 0.3) is 5.56 Å². The lowest BCUT2D eigenvalue weighted by atomic mass is 9.91. The van der Waals surface area contributed by atoms with E-state index in [0.29, 0.717) is 36.3 Å². The quantitative estimate of drug-likeness (QED) is 0.862. The second-order valence-corrected chi connectivity index (χ2v) is 7.61. The lowest BCUT2D eigenvalue weighted by Crippen LogP contribution is -2.49. The van der Waals surface area contributed by atoms with Crippen LogP contribution < -0.4 is 11.3 Å². The van der Waals surface area contributed by atoms with Gasteiger partial charge in [0.15, 0.2) is 5.65 Å². The standard InChI is InChI=1S/C19H29N5O2/c1-11-7-8-24(14(9-11)10-20)16(25)6-5-15-12(2)17-18(21-13(15)3)22-23(4)19(17)26/h11,14H,5-10,20H2,1-4H3,(H,21,22). The number of carbonyl (C=O) groups excluding carboxylic acids is 1. The number of hydrogen-bond donors (Lipinski definition) is 2. The lowest BCUT2D eigenvalue weighted by molar-refractivity contribution is -0.135. The molecular weight excluding hydrogens is 330 g/mol. The van der Waals surface area contributed by atoms with Crippen molar-refractivity contribution < 1.29 is 4.79 Å². The zero-order valence-corrected chi connectivity index (χ0v) is 16.1. The van der Waals surface area contributed by atoms with Crippen LogP contribution in [0, 0.1) is 19.8 Å². The van der Waals surface area contributed by atoms with Crippen LogP contribution in [0.4, 0.5) is 0 Å². The molecular formula is C19H29N5O2. The second-order valence-electron chi connectivity index (χ2n) is 7.61. The molecule has 0 aliphatic carbocycles. The van der Waals surface area contributed by atoms with Gasteiger partial charge in [0.1, 0.15) is 0 Å². The molecule has 2 aromatic rings. The Hall–Kier alpha value is -2.15. The van der Waals surface area contributed by atoms with Crippen LogP contribution in [0.15, 0.2) is 4.79 Å². The Balaban J connectivity index is 1.80. The van der Waals surface area contributed by atoms with E-state index < -0.39 is 0 Å². The number of aromatic amines is 1. The van der Waals surface area contributed by atoms with Gasteiger partial charge in [-0.05, 0) is 50.2 Å². The van der Waals surface area contributed by atoms with Gasteiger partial charge in [-0.25, -0.2) is 4.98 Å². The maximum absolute atomic E-state index is 12.8. The van der Waals surface area contributed by atoms with Crippen molar-refractivity contribution in [2.24, 2.45) is 18.7 Å². The molecule has 0 saturated carbocycles. The predicted molar refractivity (Wildman–Crippen MR) is 102 cm³/mol. The molecule has 2 unspecified atom stereocenters. The van der Waals surface area contributed by atoms with Gasteiger partial charge in [-0.15, -0.1) is 0 Å². The van der Waals surface area contributed by atoms with E-state index in [-0.39, 0.29) is 17.5 Å². The van der Waals surface area contributed by atoms with Crippen molar-refractivity contribution in [1.82, 2.24) is 19.7 Å². The van der Waals surface area contributed by atoms with Crippen molar-refractivity contribution in [3.8, 4) is 0 Å². The maximum atomic E-state index is 12.8. The summed E-state index contributed by atoms with van der Waals surface area (Å²) in [7, 11) is 1.69. The fourth-order valence-corrected chi connectivity index (χ4v) is 4.16. The van der Waals surface area contributed by atoms with Crippen LogP contribution in [0.5, 0.6) is 0 Å². The number of nitrogens with zero attached hydrogens (tertiary/aromatic N) is 3. The van der Waals surface area contributed by atoms with Gasteiger partial charge in [0, 0.05) is 38.3 Å². The summed E-state index contributed by atoms with van der Waals surface area (Å²) in [5.41, 5.74) is 9.20. The summed E-state index contributed by atoms with van der Waals surface area (Å²) >= 11 is 0. The second kappa shape index (κ2) is 7.23. The molecule has 1 amide bonds. The van der Waals surface area contributed by atoms with Gasteiger partial charge >= 0.3 is 0 Å². The number of amides is 1. The first kappa shape index (κ1) is 18.6. The number of rotatable bonds is 4. The SMILES string of the molecule is Cc1nc2[nH]n(C)c(=O)c2c(C)c1CCC(=O)N1CCC(C)CC1CN. The van der Waals surface area contributed by atoms with Gasteiger partial charge < -0.3 is 10.6 Å². The third kappa shape index (κ3) is 3.28. The van der Waals surface area contributed by atoms with E-state index in [0.717, 1.165) is 36.2 Å². The summed E-state index contributed by atoms with van der Waals surface area (Å²) in [5, 5.41) is 3.59. The van der Waals surface area contributed by atoms with Crippen molar-refractivity contribution >= 4 is 16.9 Å². The van der Waals surface area contributed by atoms with E-state index in [1.165, 1.54) is 4.68 Å². The van der Waals surface area contributed by atoms with Crippen LogP contribution in [-0.4, -0.2) is 44.7 Å². The molecule has 3 N–H and O–H groups in total. The van der Waals surface area contributed by atoms with Crippen LogP contribution >= 0.6 is 0 Å². The Bertz CT molecular complexity index is 882. The number of carbonyl (C=O) groups is 1. The van der Waals surface area contributed by atoms with Crippen LogP contribution in [0.2, 0.25) is 0 Å². The van der Waals surface area contributed by atoms with Crippen LogP contribution in [-0.2, 0) is 18.3 Å². The van der Waals surface area contributed by atoms with Gasteiger partial charge in [0.05, 0.1) is 5.39 Å². The van der Waals surface area contributed by atoms with Crippen molar-refractivity contribution in [3.63, 3.8) is 0 Å². The molecule has 3 heterocycles. The summed E-state index contributed by atoms with van der Waals surface area (Å²) in [6, 6.07) is 0.144. The molecule has 1 aliphatic rings. The normalized spacial score (nSPS) is 20.7. The van der Waals surface area contributed by atoms with Gasteiger partial charge in [-0.3, -0.25) is 19.4 Å². The number of hydrogen-bond acceptors (Lipinski definition) is 4. The lowest BCUT2D eigenvalue weighted by Gasteiger charge is -2.38. The largest absolute Gasteiger partial charge is 0.338 e. The number of nitrogens with two attached hydrogens (primary N) is 1. The third-order valence-electron chi connectivity index (χ3n) is 5.73. The highest BCUT2D eigenvalue weighted by Crippen LogP contribution is 2.24. The molecule has 2 aromatic heterocycles. The predicted octanol–water partition coefficient (Wildman–Crippen LogP) is 1.40. The topological polar surface area (TPSA) is 97.0 Å². The van der Waals surface area contributed by atoms with Crippen LogP contribution in [0.25, 0.3) is 11.0 Å². The van der Waals surface area contributed by atoms with Crippen molar-refractivity contribution in [2.75, 3.05) is 13.1 Å². The van der Waals surface area contributed by atoms with Crippen molar-refractivity contribution in [3.05, 3.63) is 27.2 Å². The Morgan fingerprint density at radius 1 is 1.38 bits per heavy atom. The molecule has 2 atom stereocenters. The van der Waals surface area contributed by atoms with Crippen LogP contribution in [0.3, 0.4) is 0 Å². The van der Waals surface area contributed by atoms with E-state index in [1.807, 2.05) is 18.7 Å². The highest BCUT2D eigenvalue weighted by molar-refractivity contribution is 5.81.